The van der Waals surface area contributed by atoms with Crippen LogP contribution < -0.4 is 0 Å². The summed E-state index contributed by atoms with van der Waals surface area (Å²) < 4.78 is 31.0. The smallest absolute Gasteiger partial charge is 0.371 e. The Morgan fingerprint density at radius 1 is 1.53 bits per heavy atom. The number of rotatable bonds is 6. The van der Waals surface area contributed by atoms with Gasteiger partial charge >= 0.3 is 5.97 Å². The Bertz CT molecular complexity index is 566. The summed E-state index contributed by atoms with van der Waals surface area (Å²) in [5.74, 6) is -1.72. The van der Waals surface area contributed by atoms with Gasteiger partial charge in [-0.3, -0.25) is 0 Å². The van der Waals surface area contributed by atoms with Gasteiger partial charge in [-0.1, -0.05) is 13.8 Å². The molecule has 1 atom stereocenters. The van der Waals surface area contributed by atoms with Gasteiger partial charge in [0.15, 0.2) is 4.67 Å². The van der Waals surface area contributed by atoms with Crippen LogP contribution in [0.3, 0.4) is 0 Å². The van der Waals surface area contributed by atoms with Gasteiger partial charge < -0.3 is 9.52 Å². The average molecular weight is 354 g/mol. The van der Waals surface area contributed by atoms with Gasteiger partial charge in [0.05, 0.1) is 0 Å². The molecule has 0 fully saturated rings. The SMILES string of the molecule is CCC(C)N(CC)S(=O)(=O)c1cc(C(=O)O)oc1Br. The van der Waals surface area contributed by atoms with Crippen LogP contribution in [0.15, 0.2) is 20.0 Å². The Kier molecular flexibility index (Phi) is 5.17. The first kappa shape index (κ1) is 16.2. The van der Waals surface area contributed by atoms with Crippen molar-refractivity contribution in [2.45, 2.75) is 38.1 Å². The number of halogens is 1. The van der Waals surface area contributed by atoms with Crippen LogP contribution in [0.4, 0.5) is 0 Å². The van der Waals surface area contributed by atoms with E-state index in [2.05, 4.69) is 15.9 Å². The Hall–Kier alpha value is -0.860. The first-order chi connectivity index (χ1) is 8.75. The maximum absolute atomic E-state index is 12.5. The second-order valence-electron chi connectivity index (χ2n) is 4.02. The van der Waals surface area contributed by atoms with Crippen molar-refractivity contribution >= 4 is 31.9 Å². The minimum absolute atomic E-state index is 0.0911. The highest BCUT2D eigenvalue weighted by Gasteiger charge is 2.32. The van der Waals surface area contributed by atoms with Gasteiger partial charge in [0.2, 0.25) is 15.8 Å². The quantitative estimate of drug-likeness (QED) is 0.848. The van der Waals surface area contributed by atoms with Gasteiger partial charge in [-0.05, 0) is 29.3 Å². The van der Waals surface area contributed by atoms with E-state index in [1.54, 1.807) is 13.8 Å². The number of sulfonamides is 1. The van der Waals surface area contributed by atoms with Gasteiger partial charge in [0.1, 0.15) is 4.90 Å². The van der Waals surface area contributed by atoms with E-state index in [0.717, 1.165) is 6.07 Å². The van der Waals surface area contributed by atoms with Gasteiger partial charge in [-0.15, -0.1) is 0 Å². The second-order valence-corrected chi connectivity index (χ2v) is 6.60. The number of furan rings is 1. The van der Waals surface area contributed by atoms with Gasteiger partial charge in [-0.25, -0.2) is 13.2 Å². The van der Waals surface area contributed by atoms with Crippen molar-refractivity contribution in [3.63, 3.8) is 0 Å². The number of carbonyl (C=O) groups is 1. The van der Waals surface area contributed by atoms with Crippen LogP contribution in [-0.4, -0.2) is 36.4 Å². The van der Waals surface area contributed by atoms with E-state index in [1.807, 2.05) is 6.92 Å². The van der Waals surface area contributed by atoms with E-state index in [0.29, 0.717) is 13.0 Å². The molecule has 0 amide bonds. The molecular weight excluding hydrogens is 338 g/mol. The number of aromatic carboxylic acids is 1. The molecule has 1 rings (SSSR count). The average Bonchev–Trinajstić information content (AvgIpc) is 2.72. The molecule has 6 nitrogen and oxygen atoms in total. The van der Waals surface area contributed by atoms with Gasteiger partial charge in [0, 0.05) is 18.7 Å². The predicted molar refractivity (Wildman–Crippen MR) is 72.7 cm³/mol. The molecule has 0 aliphatic carbocycles. The fourth-order valence-electron chi connectivity index (χ4n) is 1.68. The van der Waals surface area contributed by atoms with E-state index in [4.69, 9.17) is 9.52 Å². The molecule has 19 heavy (non-hydrogen) atoms. The van der Waals surface area contributed by atoms with E-state index in [-0.39, 0.29) is 15.6 Å². The zero-order valence-corrected chi connectivity index (χ0v) is 13.3. The third-order valence-corrected chi connectivity index (χ3v) is 5.79. The number of hydrogen-bond acceptors (Lipinski definition) is 4. The highest BCUT2D eigenvalue weighted by atomic mass is 79.9. The Morgan fingerprint density at radius 3 is 2.47 bits per heavy atom. The largest absolute Gasteiger partial charge is 0.475 e. The maximum atomic E-state index is 12.5. The lowest BCUT2D eigenvalue weighted by Crippen LogP contribution is -2.38. The highest BCUT2D eigenvalue weighted by molar-refractivity contribution is 9.10. The van der Waals surface area contributed by atoms with Crippen molar-refractivity contribution < 1.29 is 22.7 Å². The molecule has 0 aliphatic rings. The van der Waals surface area contributed by atoms with Crippen LogP contribution in [0.25, 0.3) is 0 Å². The lowest BCUT2D eigenvalue weighted by atomic mass is 10.3. The molecule has 0 spiro atoms. The molecule has 108 valence electrons. The minimum atomic E-state index is -3.78. The van der Waals surface area contributed by atoms with Crippen LogP contribution in [0.5, 0.6) is 0 Å². The summed E-state index contributed by atoms with van der Waals surface area (Å²) in [5.41, 5.74) is 0. The van der Waals surface area contributed by atoms with Crippen molar-refractivity contribution in [3.05, 3.63) is 16.5 Å². The summed E-state index contributed by atoms with van der Waals surface area (Å²) in [6.45, 7) is 5.72. The van der Waals surface area contributed by atoms with Crippen LogP contribution in [0.2, 0.25) is 0 Å². The molecule has 0 radical (unpaired) electrons. The minimum Gasteiger partial charge on any atom is -0.475 e. The summed E-state index contributed by atoms with van der Waals surface area (Å²) in [5, 5.41) is 8.82. The number of nitrogens with zero attached hydrogens (tertiary/aromatic N) is 1. The third-order valence-electron chi connectivity index (χ3n) is 2.85. The molecule has 0 aliphatic heterocycles. The Balaban J connectivity index is 3.30. The summed E-state index contributed by atoms with van der Waals surface area (Å²) in [6.07, 6.45) is 0.661. The topological polar surface area (TPSA) is 87.8 Å². The molecule has 0 saturated heterocycles. The highest BCUT2D eigenvalue weighted by Crippen LogP contribution is 2.30. The van der Waals surface area contributed by atoms with E-state index >= 15 is 0 Å². The Labute approximate surface area is 120 Å². The van der Waals surface area contributed by atoms with Gasteiger partial charge in [-0.2, -0.15) is 4.31 Å². The van der Waals surface area contributed by atoms with Crippen molar-refractivity contribution in [2.75, 3.05) is 6.54 Å². The number of hydrogen-bond donors (Lipinski definition) is 1. The lowest BCUT2D eigenvalue weighted by molar-refractivity contribution is 0.0661. The molecule has 0 saturated carbocycles. The summed E-state index contributed by atoms with van der Waals surface area (Å²) >= 11 is 2.95. The molecule has 8 heteroatoms. The maximum Gasteiger partial charge on any atom is 0.371 e. The zero-order valence-electron chi connectivity index (χ0n) is 10.9. The first-order valence-electron chi connectivity index (χ1n) is 5.80. The van der Waals surface area contributed by atoms with Crippen LogP contribution >= 0.6 is 15.9 Å². The van der Waals surface area contributed by atoms with Crippen LogP contribution in [0, 0.1) is 0 Å². The Morgan fingerprint density at radius 2 is 2.11 bits per heavy atom. The van der Waals surface area contributed by atoms with Gasteiger partial charge in [0.25, 0.3) is 0 Å². The molecule has 1 unspecified atom stereocenters. The van der Waals surface area contributed by atoms with Crippen molar-refractivity contribution in [1.82, 2.24) is 4.31 Å². The normalized spacial score (nSPS) is 13.7. The van der Waals surface area contributed by atoms with Crippen molar-refractivity contribution in [1.29, 1.82) is 0 Å². The fraction of sp³-hybridized carbons (Fsp3) is 0.545. The lowest BCUT2D eigenvalue weighted by Gasteiger charge is -2.25. The van der Waals surface area contributed by atoms with Crippen LogP contribution in [-0.2, 0) is 10.0 Å². The monoisotopic (exact) mass is 353 g/mol. The van der Waals surface area contributed by atoms with E-state index in [9.17, 15) is 13.2 Å². The molecule has 1 N–H and O–H groups in total. The predicted octanol–water partition coefficient (Wildman–Crippen LogP) is 2.55. The summed E-state index contributed by atoms with van der Waals surface area (Å²) in [6, 6.07) is 0.845. The molecule has 1 aromatic rings. The molecule has 0 bridgehead atoms. The number of carboxylic acids is 1. The van der Waals surface area contributed by atoms with E-state index in [1.165, 1.54) is 4.31 Å². The molecule has 1 aromatic heterocycles. The molecule has 0 aromatic carbocycles. The van der Waals surface area contributed by atoms with Crippen molar-refractivity contribution in [3.8, 4) is 0 Å². The third kappa shape index (κ3) is 3.18. The van der Waals surface area contributed by atoms with Crippen LogP contribution in [0.1, 0.15) is 37.7 Å². The first-order valence-corrected chi connectivity index (χ1v) is 8.03. The van der Waals surface area contributed by atoms with Crippen molar-refractivity contribution in [2.24, 2.45) is 0 Å². The summed E-state index contributed by atoms with van der Waals surface area (Å²) in [4.78, 5) is 10.6. The summed E-state index contributed by atoms with van der Waals surface area (Å²) in [7, 11) is -3.78. The standard InChI is InChI=1S/C11H16BrNO5S/c1-4-7(3)13(5-2)19(16,17)9-6-8(11(14)15)18-10(9)12/h6-7H,4-5H2,1-3H3,(H,14,15). The molecular formula is C11H16BrNO5S. The molecule has 1 heterocycles. The second kappa shape index (κ2) is 6.06. The number of carboxylic acid groups (broad SMARTS) is 1. The fourth-order valence-corrected chi connectivity index (χ4v) is 4.30. The van der Waals surface area contributed by atoms with E-state index < -0.39 is 21.8 Å². The zero-order chi connectivity index (χ0) is 14.8.